The van der Waals surface area contributed by atoms with E-state index < -0.39 is 0 Å². The maximum absolute atomic E-state index is 11.1. The first-order chi connectivity index (χ1) is 10.7. The van der Waals surface area contributed by atoms with E-state index in [0.29, 0.717) is 6.61 Å². The fourth-order valence-electron chi connectivity index (χ4n) is 1.84. The molecule has 0 saturated carbocycles. The Bertz CT molecular complexity index is 230. The van der Waals surface area contributed by atoms with Gasteiger partial charge in [-0.3, -0.25) is 0 Å². The van der Waals surface area contributed by atoms with Crippen molar-refractivity contribution in [2.45, 2.75) is 97.8 Å². The van der Waals surface area contributed by atoms with Gasteiger partial charge >= 0.3 is 5.97 Å². The van der Waals surface area contributed by atoms with E-state index >= 15 is 0 Å². The van der Waals surface area contributed by atoms with Crippen LogP contribution in [0.5, 0.6) is 0 Å². The van der Waals surface area contributed by atoms with E-state index in [4.69, 9.17) is 4.74 Å². The lowest BCUT2D eigenvalue weighted by Gasteiger charge is -1.99. The van der Waals surface area contributed by atoms with Crippen LogP contribution in [0.25, 0.3) is 0 Å². The maximum Gasteiger partial charge on any atom is 0.330 e. The minimum atomic E-state index is -0.193. The molecule has 0 aliphatic heterocycles. The molecule has 0 rings (SSSR count). The third-order valence-corrected chi connectivity index (χ3v) is 3.32. The first-order valence-electron chi connectivity index (χ1n) is 9.35. The van der Waals surface area contributed by atoms with Crippen molar-refractivity contribution >= 4 is 5.97 Å². The fourth-order valence-corrected chi connectivity index (χ4v) is 1.84. The van der Waals surface area contributed by atoms with Crippen LogP contribution in [0.4, 0.5) is 0 Å². The fraction of sp³-hybridized carbons (Fsp3) is 0.800. The molecule has 0 atom stereocenters. The minimum absolute atomic E-state index is 0.193. The minimum Gasteiger partial charge on any atom is -0.463 e. The Morgan fingerprint density at radius 3 is 2.00 bits per heavy atom. The Morgan fingerprint density at radius 1 is 0.864 bits per heavy atom. The molecule has 0 aliphatic carbocycles. The van der Waals surface area contributed by atoms with E-state index in [-0.39, 0.29) is 5.97 Å². The Hall–Kier alpha value is -0.790. The van der Waals surface area contributed by atoms with E-state index in [1.165, 1.54) is 51.4 Å². The molecule has 1 radical (unpaired) electrons. The van der Waals surface area contributed by atoms with Gasteiger partial charge in [-0.1, -0.05) is 91.6 Å². The lowest BCUT2D eigenvalue weighted by molar-refractivity contribution is -0.137. The number of unbranched alkanes of at least 4 members (excludes halogenated alkanes) is 9. The number of esters is 1. The van der Waals surface area contributed by atoms with Crippen LogP contribution in [0.3, 0.4) is 0 Å². The van der Waals surface area contributed by atoms with Gasteiger partial charge in [0.2, 0.25) is 0 Å². The number of carbonyl (C=O) groups excluding carboxylic acids is 1. The average Bonchev–Trinajstić information content (AvgIpc) is 2.53. The van der Waals surface area contributed by atoms with Crippen LogP contribution in [0.15, 0.2) is 12.2 Å². The van der Waals surface area contributed by atoms with Crippen molar-refractivity contribution in [3.63, 3.8) is 0 Å². The molecule has 0 amide bonds. The molecule has 0 heterocycles. The van der Waals surface area contributed by atoms with E-state index in [0.717, 1.165) is 25.7 Å². The molecule has 0 aromatic rings. The monoisotopic (exact) mass is 311 g/mol. The molecule has 0 aliphatic rings. The third kappa shape index (κ3) is 24.2. The second-order valence-corrected chi connectivity index (χ2v) is 5.69. The van der Waals surface area contributed by atoms with E-state index in [9.17, 15) is 4.79 Å². The summed E-state index contributed by atoms with van der Waals surface area (Å²) in [7, 11) is 0. The van der Waals surface area contributed by atoms with Crippen LogP contribution < -0.4 is 0 Å². The number of hydrogen-bond acceptors (Lipinski definition) is 2. The molecule has 0 unspecified atom stereocenters. The van der Waals surface area contributed by atoms with E-state index in [1.807, 2.05) is 6.08 Å². The van der Waals surface area contributed by atoms with Gasteiger partial charge in [-0.25, -0.2) is 4.79 Å². The lowest BCUT2D eigenvalue weighted by atomic mass is 10.1. The summed E-state index contributed by atoms with van der Waals surface area (Å²) in [6, 6.07) is 0. The number of rotatable bonds is 13. The molecule has 0 aromatic carbocycles. The van der Waals surface area contributed by atoms with Gasteiger partial charge in [0.1, 0.15) is 0 Å². The highest BCUT2D eigenvalue weighted by Crippen LogP contribution is 2.05. The largest absolute Gasteiger partial charge is 0.463 e. The maximum atomic E-state index is 11.1. The molecule has 2 heteroatoms. The molecule has 131 valence electrons. The smallest absolute Gasteiger partial charge is 0.330 e. The second-order valence-electron chi connectivity index (χ2n) is 5.69. The number of carbonyl (C=O) groups is 1. The number of hydrogen-bond donors (Lipinski definition) is 0. The van der Waals surface area contributed by atoms with Gasteiger partial charge in [0, 0.05) is 6.08 Å². The first kappa shape index (κ1) is 23.5. The summed E-state index contributed by atoms with van der Waals surface area (Å²) in [5, 5.41) is 0. The van der Waals surface area contributed by atoms with Crippen molar-refractivity contribution in [1.82, 2.24) is 0 Å². The zero-order chi connectivity index (χ0) is 16.9. The van der Waals surface area contributed by atoms with Crippen molar-refractivity contribution in [3.05, 3.63) is 19.1 Å². The zero-order valence-corrected chi connectivity index (χ0v) is 15.4. The topological polar surface area (TPSA) is 26.3 Å². The Kier molecular flexibility index (Phi) is 24.0. The Morgan fingerprint density at radius 2 is 1.45 bits per heavy atom. The van der Waals surface area contributed by atoms with Crippen molar-refractivity contribution < 1.29 is 9.53 Å². The normalized spacial score (nSPS) is 10.4. The first-order valence-corrected chi connectivity index (χ1v) is 9.35. The van der Waals surface area contributed by atoms with Gasteiger partial charge in [-0.2, -0.15) is 0 Å². The van der Waals surface area contributed by atoms with Crippen LogP contribution in [-0.4, -0.2) is 12.6 Å². The molecule has 2 nitrogen and oxygen atoms in total. The summed E-state index contributed by atoms with van der Waals surface area (Å²) in [6.07, 6.45) is 17.9. The van der Waals surface area contributed by atoms with Gasteiger partial charge in [-0.05, 0) is 19.3 Å². The molecule has 0 fully saturated rings. The lowest BCUT2D eigenvalue weighted by Crippen LogP contribution is -2.01. The number of allylic oxidation sites excluding steroid dienone is 1. The summed E-state index contributed by atoms with van der Waals surface area (Å²) in [5.74, 6) is -0.193. The quantitative estimate of drug-likeness (QED) is 0.216. The molecule has 0 aromatic heterocycles. The van der Waals surface area contributed by atoms with Gasteiger partial charge in [-0.15, -0.1) is 0 Å². The van der Waals surface area contributed by atoms with Crippen LogP contribution in [0.2, 0.25) is 0 Å². The van der Waals surface area contributed by atoms with Crippen molar-refractivity contribution in [1.29, 1.82) is 0 Å². The Balaban J connectivity index is 0. The summed E-state index contributed by atoms with van der Waals surface area (Å²) < 4.78 is 5.00. The average molecular weight is 312 g/mol. The summed E-state index contributed by atoms with van der Waals surface area (Å²) >= 11 is 0. The van der Waals surface area contributed by atoms with E-state index in [1.54, 1.807) is 6.08 Å². The van der Waals surface area contributed by atoms with Crippen LogP contribution >= 0.6 is 0 Å². The molecule has 22 heavy (non-hydrogen) atoms. The van der Waals surface area contributed by atoms with Crippen molar-refractivity contribution in [2.75, 3.05) is 6.61 Å². The highest BCUT2D eigenvalue weighted by molar-refractivity contribution is 5.81. The van der Waals surface area contributed by atoms with Crippen molar-refractivity contribution in [2.24, 2.45) is 0 Å². The number of ether oxygens (including phenoxy) is 1. The van der Waals surface area contributed by atoms with Crippen LogP contribution in [0.1, 0.15) is 97.8 Å². The Labute approximate surface area is 139 Å². The summed E-state index contributed by atoms with van der Waals surface area (Å²) in [4.78, 5) is 11.1. The molecular formula is C20H39O2. The van der Waals surface area contributed by atoms with Gasteiger partial charge < -0.3 is 4.74 Å². The predicted molar refractivity (Wildman–Crippen MR) is 97.9 cm³/mol. The highest BCUT2D eigenvalue weighted by atomic mass is 16.5. The summed E-state index contributed by atoms with van der Waals surface area (Å²) in [5.41, 5.74) is 0. The standard InChI is InChI=1S/C14H26O2.C6H13/c1-3-5-7-8-9-10-11-12-14(15)16-13-6-4-2;1-3-5-6-4-2/h11-12H,3-10,13H2,1-2H3;1,3-6H2,2H3. The molecular weight excluding hydrogens is 272 g/mol. The van der Waals surface area contributed by atoms with Crippen LogP contribution in [-0.2, 0) is 9.53 Å². The van der Waals surface area contributed by atoms with Gasteiger partial charge in [0.15, 0.2) is 0 Å². The van der Waals surface area contributed by atoms with Gasteiger partial charge in [0.05, 0.1) is 6.61 Å². The van der Waals surface area contributed by atoms with Gasteiger partial charge in [0.25, 0.3) is 0 Å². The SMILES string of the molecule is CCCCCCCC=CC(=O)OCCCC.[CH2]CCCCC. The van der Waals surface area contributed by atoms with E-state index in [2.05, 4.69) is 27.7 Å². The molecule has 0 spiro atoms. The zero-order valence-electron chi connectivity index (χ0n) is 15.4. The van der Waals surface area contributed by atoms with Crippen molar-refractivity contribution in [3.8, 4) is 0 Å². The highest BCUT2D eigenvalue weighted by Gasteiger charge is 1.94. The van der Waals surface area contributed by atoms with Crippen LogP contribution in [0, 0.1) is 6.92 Å². The molecule has 0 saturated heterocycles. The third-order valence-electron chi connectivity index (χ3n) is 3.32. The molecule has 0 N–H and O–H groups in total. The molecule has 0 bridgehead atoms. The summed E-state index contributed by atoms with van der Waals surface area (Å²) in [6.45, 7) is 10.8. The second kappa shape index (κ2) is 22.5. The predicted octanol–water partition coefficient (Wildman–Crippen LogP) is 6.65.